The fourth-order valence-corrected chi connectivity index (χ4v) is 3.67. The lowest BCUT2D eigenvalue weighted by Gasteiger charge is -2.15. The zero-order chi connectivity index (χ0) is 23.4. The summed E-state index contributed by atoms with van der Waals surface area (Å²) in [5, 5.41) is 7.71. The van der Waals surface area contributed by atoms with Crippen molar-refractivity contribution in [1.29, 1.82) is 0 Å². The topological polar surface area (TPSA) is 76.7 Å². The Morgan fingerprint density at radius 1 is 0.697 bits per heavy atom. The number of rotatable bonds is 6. The van der Waals surface area contributed by atoms with Gasteiger partial charge in [0.2, 0.25) is 0 Å². The Labute approximate surface area is 196 Å². The number of amides is 2. The van der Waals surface area contributed by atoms with Crippen molar-refractivity contribution < 1.29 is 19.1 Å². The molecule has 6 nitrogen and oxygen atoms in total. The van der Waals surface area contributed by atoms with E-state index < -0.39 is 0 Å². The Morgan fingerprint density at radius 3 is 1.97 bits per heavy atom. The van der Waals surface area contributed by atoms with Gasteiger partial charge in [-0.2, -0.15) is 0 Å². The van der Waals surface area contributed by atoms with Gasteiger partial charge in [-0.05, 0) is 41.1 Å². The van der Waals surface area contributed by atoms with Gasteiger partial charge in [0, 0.05) is 11.6 Å². The van der Waals surface area contributed by atoms with Crippen molar-refractivity contribution in [2.75, 3.05) is 24.9 Å². The lowest BCUT2D eigenvalue weighted by Crippen LogP contribution is -2.15. The third kappa shape index (κ3) is 4.76. The Balaban J connectivity index is 1.62. The number of benzene rings is 4. The van der Waals surface area contributed by atoms with Crippen molar-refractivity contribution in [1.82, 2.24) is 0 Å². The van der Waals surface area contributed by atoms with Crippen LogP contribution in [0.2, 0.25) is 5.02 Å². The van der Waals surface area contributed by atoms with Crippen molar-refractivity contribution in [3.63, 3.8) is 0 Å². The molecule has 2 amide bonds. The van der Waals surface area contributed by atoms with Gasteiger partial charge < -0.3 is 20.1 Å². The largest absolute Gasteiger partial charge is 0.496 e. The van der Waals surface area contributed by atoms with Crippen LogP contribution in [0.25, 0.3) is 10.8 Å². The van der Waals surface area contributed by atoms with Gasteiger partial charge in [-0.3, -0.25) is 9.59 Å². The molecule has 0 aliphatic carbocycles. The normalized spacial score (nSPS) is 10.5. The molecule has 0 fully saturated rings. The molecule has 0 heterocycles. The molecule has 4 rings (SSSR count). The number of carbonyl (C=O) groups is 2. The minimum atomic E-state index is -0.386. The van der Waals surface area contributed by atoms with Crippen LogP contribution in [0.3, 0.4) is 0 Å². The van der Waals surface area contributed by atoms with E-state index in [1.807, 2.05) is 36.4 Å². The van der Waals surface area contributed by atoms with Crippen molar-refractivity contribution in [3.05, 3.63) is 95.0 Å². The van der Waals surface area contributed by atoms with E-state index in [4.69, 9.17) is 21.1 Å². The molecular formula is C26H21ClN2O4. The van der Waals surface area contributed by atoms with E-state index in [1.54, 1.807) is 36.4 Å². The smallest absolute Gasteiger partial charge is 0.259 e. The third-order valence-electron chi connectivity index (χ3n) is 5.13. The number of carbonyl (C=O) groups excluding carboxylic acids is 2. The zero-order valence-corrected chi connectivity index (χ0v) is 18.8. The maximum absolute atomic E-state index is 13.1. The molecule has 2 N–H and O–H groups in total. The van der Waals surface area contributed by atoms with E-state index in [2.05, 4.69) is 10.6 Å². The molecule has 0 unspecified atom stereocenters. The Kier molecular flexibility index (Phi) is 6.47. The highest BCUT2D eigenvalue weighted by molar-refractivity contribution is 6.34. The number of methoxy groups -OCH3 is 2. The molecule has 4 aromatic rings. The number of ether oxygens (including phenoxy) is 2. The second-order valence-electron chi connectivity index (χ2n) is 7.21. The van der Waals surface area contributed by atoms with Crippen molar-refractivity contribution in [2.45, 2.75) is 0 Å². The van der Waals surface area contributed by atoms with Crippen LogP contribution in [-0.2, 0) is 0 Å². The molecule has 0 saturated carbocycles. The van der Waals surface area contributed by atoms with E-state index in [9.17, 15) is 9.59 Å². The van der Waals surface area contributed by atoms with E-state index in [-0.39, 0.29) is 16.8 Å². The summed E-state index contributed by atoms with van der Waals surface area (Å²) in [6.07, 6.45) is 0. The van der Waals surface area contributed by atoms with Gasteiger partial charge in [0.15, 0.2) is 0 Å². The van der Waals surface area contributed by atoms with Crippen LogP contribution < -0.4 is 20.1 Å². The predicted octanol–water partition coefficient (Wildman–Crippen LogP) is 6.02. The van der Waals surface area contributed by atoms with Crippen molar-refractivity contribution >= 4 is 45.6 Å². The predicted molar refractivity (Wildman–Crippen MR) is 131 cm³/mol. The summed E-state index contributed by atoms with van der Waals surface area (Å²) in [7, 11) is 2.99. The number of fused-ring (bicyclic) bond motifs is 1. The summed E-state index contributed by atoms with van der Waals surface area (Å²) in [4.78, 5) is 25.6. The molecular weight excluding hydrogens is 440 g/mol. The van der Waals surface area contributed by atoms with Gasteiger partial charge in [-0.25, -0.2) is 0 Å². The summed E-state index contributed by atoms with van der Waals surface area (Å²) in [5.41, 5.74) is 1.59. The molecule has 0 radical (unpaired) electrons. The van der Waals surface area contributed by atoms with Gasteiger partial charge in [0.05, 0.1) is 36.2 Å². The minimum Gasteiger partial charge on any atom is -0.496 e. The first-order valence-corrected chi connectivity index (χ1v) is 10.5. The number of hydrogen-bond acceptors (Lipinski definition) is 4. The molecule has 33 heavy (non-hydrogen) atoms. The standard InChI is InChI=1S/C26H21ClN2O4/c1-32-23-13-18-11-7-6-10-17(18)12-19(23)26(31)28-21-15-24(33-2)22(14-20(21)27)29-25(30)16-8-4-3-5-9-16/h3-15H,1-2H3,(H,28,31)(H,29,30). The highest BCUT2D eigenvalue weighted by Gasteiger charge is 2.18. The van der Waals surface area contributed by atoms with Gasteiger partial charge in [0.25, 0.3) is 11.8 Å². The fraction of sp³-hybridized carbons (Fsp3) is 0.0769. The highest BCUT2D eigenvalue weighted by Crippen LogP contribution is 2.36. The second-order valence-corrected chi connectivity index (χ2v) is 7.61. The summed E-state index contributed by atoms with van der Waals surface area (Å²) in [5.74, 6) is 0.107. The lowest BCUT2D eigenvalue weighted by molar-refractivity contribution is 0.101. The van der Waals surface area contributed by atoms with Crippen molar-refractivity contribution in [2.24, 2.45) is 0 Å². The molecule has 4 aromatic carbocycles. The van der Waals surface area contributed by atoms with Crippen LogP contribution in [0, 0.1) is 0 Å². The third-order valence-corrected chi connectivity index (χ3v) is 5.45. The van der Waals surface area contributed by atoms with Crippen LogP contribution >= 0.6 is 11.6 Å². The van der Waals surface area contributed by atoms with Gasteiger partial charge >= 0.3 is 0 Å². The minimum absolute atomic E-state index is 0.243. The van der Waals surface area contributed by atoms with Crippen LogP contribution in [-0.4, -0.2) is 26.0 Å². The lowest BCUT2D eigenvalue weighted by atomic mass is 10.1. The Bertz CT molecular complexity index is 1340. The molecule has 0 aliphatic heterocycles. The monoisotopic (exact) mass is 460 g/mol. The molecule has 0 spiro atoms. The Morgan fingerprint density at radius 2 is 1.30 bits per heavy atom. The fourth-order valence-electron chi connectivity index (χ4n) is 3.46. The maximum atomic E-state index is 13.1. The summed E-state index contributed by atoms with van der Waals surface area (Å²) >= 11 is 6.44. The summed E-state index contributed by atoms with van der Waals surface area (Å²) < 4.78 is 10.8. The SMILES string of the molecule is COc1cc(NC(=O)c2cc3ccccc3cc2OC)c(Cl)cc1NC(=O)c1ccccc1. The molecule has 166 valence electrons. The number of nitrogens with one attached hydrogen (secondary N) is 2. The first-order valence-electron chi connectivity index (χ1n) is 10.1. The number of hydrogen-bond donors (Lipinski definition) is 2. The van der Waals surface area contributed by atoms with Crippen LogP contribution in [0.5, 0.6) is 11.5 Å². The molecule has 0 bridgehead atoms. The van der Waals surface area contributed by atoms with Crippen LogP contribution in [0.1, 0.15) is 20.7 Å². The first kappa shape index (κ1) is 22.2. The molecule has 7 heteroatoms. The van der Waals surface area contributed by atoms with E-state index in [0.29, 0.717) is 34.0 Å². The summed E-state index contributed by atoms with van der Waals surface area (Å²) in [6.45, 7) is 0. The van der Waals surface area contributed by atoms with E-state index >= 15 is 0 Å². The molecule has 0 saturated heterocycles. The maximum Gasteiger partial charge on any atom is 0.259 e. The zero-order valence-electron chi connectivity index (χ0n) is 18.0. The van der Waals surface area contributed by atoms with E-state index in [1.165, 1.54) is 20.3 Å². The number of halogens is 1. The number of anilines is 2. The Hall–Kier alpha value is -4.03. The average molecular weight is 461 g/mol. The molecule has 0 aromatic heterocycles. The highest BCUT2D eigenvalue weighted by atomic mass is 35.5. The summed E-state index contributed by atoms with van der Waals surface area (Å²) in [6, 6.07) is 23.2. The van der Waals surface area contributed by atoms with Crippen LogP contribution in [0.15, 0.2) is 78.9 Å². The molecule has 0 atom stereocenters. The average Bonchev–Trinajstić information content (AvgIpc) is 2.85. The molecule has 0 aliphatic rings. The quantitative estimate of drug-likeness (QED) is 0.369. The first-order chi connectivity index (χ1) is 16.0. The van der Waals surface area contributed by atoms with Crippen molar-refractivity contribution in [3.8, 4) is 11.5 Å². The van der Waals surface area contributed by atoms with Gasteiger partial charge in [-0.15, -0.1) is 0 Å². The van der Waals surface area contributed by atoms with E-state index in [0.717, 1.165) is 10.8 Å². The second kappa shape index (κ2) is 9.63. The van der Waals surface area contributed by atoms with Gasteiger partial charge in [0.1, 0.15) is 11.5 Å². The van der Waals surface area contributed by atoms with Crippen LogP contribution in [0.4, 0.5) is 11.4 Å². The van der Waals surface area contributed by atoms with Gasteiger partial charge in [-0.1, -0.05) is 54.1 Å².